The van der Waals surface area contributed by atoms with Crippen molar-refractivity contribution in [3.63, 3.8) is 0 Å². The summed E-state index contributed by atoms with van der Waals surface area (Å²) in [6.07, 6.45) is 3.45. The number of benzene rings is 1. The normalized spacial score (nSPS) is 13.8. The molecule has 1 aromatic heterocycles. The number of halogens is 2. The van der Waals surface area contributed by atoms with Crippen molar-refractivity contribution >= 4 is 45.9 Å². The number of hydrogen-bond acceptors (Lipinski definition) is 3. The van der Waals surface area contributed by atoms with Gasteiger partial charge in [-0.15, -0.1) is 34.2 Å². The Kier molecular flexibility index (Phi) is 7.67. The summed E-state index contributed by atoms with van der Waals surface area (Å²) in [5.41, 5.74) is 1.24. The third-order valence-corrected chi connectivity index (χ3v) is 4.78. The van der Waals surface area contributed by atoms with Crippen LogP contribution in [0.5, 0.6) is 0 Å². The second-order valence-electron chi connectivity index (χ2n) is 6.02. The molecule has 1 aliphatic heterocycles. The van der Waals surface area contributed by atoms with Gasteiger partial charge in [0, 0.05) is 38.1 Å². The fourth-order valence-electron chi connectivity index (χ4n) is 2.98. The van der Waals surface area contributed by atoms with E-state index < -0.39 is 0 Å². The van der Waals surface area contributed by atoms with E-state index in [4.69, 9.17) is 0 Å². The molecule has 0 spiro atoms. The minimum atomic E-state index is 0. The number of aryl methyl sites for hydroxylation is 1. The molecule has 3 rings (SSSR count). The van der Waals surface area contributed by atoms with Crippen molar-refractivity contribution in [2.75, 3.05) is 14.1 Å². The predicted molar refractivity (Wildman–Crippen MR) is 114 cm³/mol. The maximum absolute atomic E-state index is 4.38. The van der Waals surface area contributed by atoms with Crippen LogP contribution in [0.25, 0.3) is 0 Å². The molecule has 136 valence electrons. The Hall–Kier alpha value is -1.16. The van der Waals surface area contributed by atoms with Crippen LogP contribution in [0.2, 0.25) is 0 Å². The molecule has 2 aromatic rings. The molecule has 25 heavy (non-hydrogen) atoms. The molecule has 0 atom stereocenters. The Labute approximate surface area is 174 Å². The maximum atomic E-state index is 4.38. The second kappa shape index (κ2) is 9.51. The highest BCUT2D eigenvalue weighted by Crippen LogP contribution is 2.14. The quantitative estimate of drug-likeness (QED) is 0.383. The molecule has 1 N–H and O–H groups in total. The summed E-state index contributed by atoms with van der Waals surface area (Å²) in [6, 6.07) is 8.34. The summed E-state index contributed by atoms with van der Waals surface area (Å²) in [5.74, 6) is 2.95. The second-order valence-corrected chi connectivity index (χ2v) is 6.94. The van der Waals surface area contributed by atoms with Gasteiger partial charge in [-0.05, 0) is 30.5 Å². The molecule has 2 heterocycles. The summed E-state index contributed by atoms with van der Waals surface area (Å²) in [6.45, 7) is 2.46. The van der Waals surface area contributed by atoms with E-state index in [0.717, 1.165) is 41.6 Å². The number of aliphatic imine (C=N–C) groups is 1. The van der Waals surface area contributed by atoms with Crippen LogP contribution in [-0.2, 0) is 26.1 Å². The molecule has 0 bridgehead atoms. The third-order valence-electron chi connectivity index (χ3n) is 4.25. The number of fused-ring (bicyclic) bond motifs is 1. The molecular formula is C17H24BrIN6. The van der Waals surface area contributed by atoms with E-state index in [9.17, 15) is 0 Å². The molecule has 0 fully saturated rings. The molecule has 0 aliphatic carbocycles. The molecule has 0 saturated heterocycles. The number of hydrogen-bond donors (Lipinski definition) is 1. The molecule has 0 radical (unpaired) electrons. The molecule has 1 aliphatic rings. The Morgan fingerprint density at radius 1 is 1.28 bits per heavy atom. The van der Waals surface area contributed by atoms with Crippen molar-refractivity contribution in [2.45, 2.75) is 38.9 Å². The third kappa shape index (κ3) is 5.16. The van der Waals surface area contributed by atoms with Crippen LogP contribution in [0.1, 0.15) is 30.1 Å². The highest BCUT2D eigenvalue weighted by molar-refractivity contribution is 14.0. The van der Waals surface area contributed by atoms with E-state index >= 15 is 0 Å². The monoisotopic (exact) mass is 518 g/mol. The summed E-state index contributed by atoms with van der Waals surface area (Å²) in [7, 11) is 3.84. The van der Waals surface area contributed by atoms with Crippen molar-refractivity contribution in [1.82, 2.24) is 25.0 Å². The molecule has 0 amide bonds. The highest BCUT2D eigenvalue weighted by atomic mass is 127. The van der Waals surface area contributed by atoms with Gasteiger partial charge in [-0.3, -0.25) is 4.99 Å². The van der Waals surface area contributed by atoms with Gasteiger partial charge >= 0.3 is 0 Å². The molecular weight excluding hydrogens is 495 g/mol. The summed E-state index contributed by atoms with van der Waals surface area (Å²) >= 11 is 3.47. The minimum absolute atomic E-state index is 0. The van der Waals surface area contributed by atoms with E-state index in [1.807, 2.05) is 7.05 Å². The van der Waals surface area contributed by atoms with Gasteiger partial charge in [-0.2, -0.15) is 0 Å². The first-order chi connectivity index (χ1) is 11.7. The Bertz CT molecular complexity index is 712. The highest BCUT2D eigenvalue weighted by Gasteiger charge is 2.16. The van der Waals surface area contributed by atoms with Crippen LogP contribution in [0.15, 0.2) is 33.7 Å². The first-order valence-corrected chi connectivity index (χ1v) is 9.04. The fraction of sp³-hybridized carbons (Fsp3) is 0.471. The van der Waals surface area contributed by atoms with E-state index in [1.54, 1.807) is 7.05 Å². The van der Waals surface area contributed by atoms with Gasteiger partial charge in [0.25, 0.3) is 0 Å². The molecule has 1 aromatic carbocycles. The fourth-order valence-corrected chi connectivity index (χ4v) is 3.24. The lowest BCUT2D eigenvalue weighted by atomic mass is 10.2. The average molecular weight is 519 g/mol. The summed E-state index contributed by atoms with van der Waals surface area (Å²) < 4.78 is 3.33. The van der Waals surface area contributed by atoms with E-state index in [-0.39, 0.29) is 24.0 Å². The lowest BCUT2D eigenvalue weighted by Gasteiger charge is -2.22. The number of aromatic nitrogens is 3. The van der Waals surface area contributed by atoms with Gasteiger partial charge in [-0.1, -0.05) is 28.1 Å². The molecule has 0 unspecified atom stereocenters. The number of rotatable bonds is 4. The lowest BCUT2D eigenvalue weighted by Crippen LogP contribution is -2.38. The molecule has 6 nitrogen and oxygen atoms in total. The van der Waals surface area contributed by atoms with Crippen LogP contribution in [0, 0.1) is 0 Å². The minimum Gasteiger partial charge on any atom is -0.349 e. The van der Waals surface area contributed by atoms with Gasteiger partial charge in [0.05, 0.1) is 6.54 Å². The number of nitrogens with zero attached hydrogens (tertiary/aromatic N) is 5. The summed E-state index contributed by atoms with van der Waals surface area (Å²) in [4.78, 5) is 6.49. The van der Waals surface area contributed by atoms with Crippen molar-refractivity contribution in [1.29, 1.82) is 0 Å². The predicted octanol–water partition coefficient (Wildman–Crippen LogP) is 3.20. The van der Waals surface area contributed by atoms with Gasteiger partial charge < -0.3 is 14.8 Å². The zero-order valence-corrected chi connectivity index (χ0v) is 18.5. The molecule has 8 heteroatoms. The van der Waals surface area contributed by atoms with Gasteiger partial charge in [-0.25, -0.2) is 0 Å². The van der Waals surface area contributed by atoms with Gasteiger partial charge in [0.1, 0.15) is 5.82 Å². The van der Waals surface area contributed by atoms with Gasteiger partial charge in [0.2, 0.25) is 0 Å². The number of guanidine groups is 1. The van der Waals surface area contributed by atoms with Crippen molar-refractivity contribution < 1.29 is 0 Å². The Morgan fingerprint density at radius 3 is 2.76 bits per heavy atom. The maximum Gasteiger partial charge on any atom is 0.194 e. The first-order valence-electron chi connectivity index (χ1n) is 8.24. The largest absolute Gasteiger partial charge is 0.349 e. The zero-order chi connectivity index (χ0) is 16.9. The van der Waals surface area contributed by atoms with Crippen molar-refractivity contribution in [3.8, 4) is 0 Å². The standard InChI is InChI=1S/C17H23BrN6.HI/c1-19-17(23(2)12-13-6-8-14(18)9-7-13)20-11-16-22-21-15-5-3-4-10-24(15)16;/h6-9H,3-5,10-12H2,1-2H3,(H,19,20);1H. The van der Waals surface area contributed by atoms with E-state index in [1.165, 1.54) is 18.4 Å². The SMILES string of the molecule is CN=C(NCc1nnc2n1CCCC2)N(C)Cc1ccc(Br)cc1.I. The van der Waals surface area contributed by atoms with Crippen molar-refractivity contribution in [2.24, 2.45) is 4.99 Å². The van der Waals surface area contributed by atoms with Crippen LogP contribution in [0.4, 0.5) is 0 Å². The van der Waals surface area contributed by atoms with E-state index in [2.05, 4.69) is 70.2 Å². The summed E-state index contributed by atoms with van der Waals surface area (Å²) in [5, 5.41) is 12.0. The lowest BCUT2D eigenvalue weighted by molar-refractivity contribution is 0.468. The molecule has 0 saturated carbocycles. The number of nitrogens with one attached hydrogen (secondary N) is 1. The van der Waals surface area contributed by atoms with Crippen LogP contribution in [-0.4, -0.2) is 39.7 Å². The average Bonchev–Trinajstić information content (AvgIpc) is 3.01. The Morgan fingerprint density at radius 2 is 2.04 bits per heavy atom. The topological polar surface area (TPSA) is 58.3 Å². The van der Waals surface area contributed by atoms with Crippen LogP contribution >= 0.6 is 39.9 Å². The van der Waals surface area contributed by atoms with Crippen molar-refractivity contribution in [3.05, 3.63) is 46.0 Å². The zero-order valence-electron chi connectivity index (χ0n) is 14.6. The van der Waals surface area contributed by atoms with Gasteiger partial charge in [0.15, 0.2) is 11.8 Å². The van der Waals surface area contributed by atoms with E-state index in [0.29, 0.717) is 6.54 Å². The Balaban J connectivity index is 0.00000225. The smallest absolute Gasteiger partial charge is 0.194 e. The first kappa shape index (κ1) is 20.2. The van der Waals surface area contributed by atoms with Crippen LogP contribution < -0.4 is 5.32 Å². The van der Waals surface area contributed by atoms with Crippen LogP contribution in [0.3, 0.4) is 0 Å².